The summed E-state index contributed by atoms with van der Waals surface area (Å²) in [7, 11) is 0. The molecule has 1 atom stereocenters. The lowest BCUT2D eigenvalue weighted by Gasteiger charge is -2.32. The van der Waals surface area contributed by atoms with E-state index in [4.69, 9.17) is 21.1 Å². The molecule has 0 radical (unpaired) electrons. The number of hydrogen-bond donors (Lipinski definition) is 2. The van der Waals surface area contributed by atoms with Crippen molar-refractivity contribution in [3.05, 3.63) is 34.9 Å². The van der Waals surface area contributed by atoms with Crippen LogP contribution < -0.4 is 10.6 Å². The Morgan fingerprint density at radius 2 is 1.87 bits per heavy atom. The van der Waals surface area contributed by atoms with Crippen LogP contribution in [0.2, 0.25) is 5.02 Å². The van der Waals surface area contributed by atoms with Gasteiger partial charge in [-0.1, -0.05) is 29.8 Å². The maximum atomic E-state index is 12.5. The number of benzene rings is 1. The smallest absolute Gasteiger partial charge is 0.407 e. The minimum absolute atomic E-state index is 0.0562. The molecule has 9 heteroatoms. The van der Waals surface area contributed by atoms with Crippen LogP contribution in [0.5, 0.6) is 0 Å². The summed E-state index contributed by atoms with van der Waals surface area (Å²) in [5, 5.41) is 6.01. The normalized spacial score (nSPS) is 16.5. The van der Waals surface area contributed by atoms with Gasteiger partial charge in [-0.15, -0.1) is 0 Å². The highest BCUT2D eigenvalue weighted by atomic mass is 35.5. The Morgan fingerprint density at radius 3 is 2.58 bits per heavy atom. The largest absolute Gasteiger partial charge is 0.444 e. The first kappa shape index (κ1) is 24.9. The van der Waals surface area contributed by atoms with Crippen LogP contribution in [-0.4, -0.2) is 61.2 Å². The number of likely N-dealkylation sites (tertiary alicyclic amines) is 1. The predicted octanol–water partition coefficient (Wildman–Crippen LogP) is 2.74. The van der Waals surface area contributed by atoms with Crippen LogP contribution in [-0.2, 0) is 25.7 Å². The van der Waals surface area contributed by atoms with Crippen molar-refractivity contribution in [2.45, 2.75) is 45.8 Å². The number of piperidine rings is 1. The maximum Gasteiger partial charge on any atom is 0.407 e. The van der Waals surface area contributed by atoms with E-state index >= 15 is 0 Å². The van der Waals surface area contributed by atoms with Crippen molar-refractivity contribution in [1.82, 2.24) is 15.5 Å². The standard InChI is InChI=1S/C22H32ClN3O5/c1-22(2,3)31-21(29)25-11-10-24-20(28)16-8-6-12-26(13-16)19(27)15-30-14-17-7-4-5-9-18(17)23/h4-5,7,9,16H,6,8,10-15H2,1-3H3,(H,24,28)(H,25,29). The number of hydrogen-bond acceptors (Lipinski definition) is 5. The fourth-order valence-electron chi connectivity index (χ4n) is 3.18. The number of alkyl carbamates (subject to hydrolysis) is 1. The second kappa shape index (κ2) is 11.9. The van der Waals surface area contributed by atoms with Gasteiger partial charge in [-0.25, -0.2) is 4.79 Å². The van der Waals surface area contributed by atoms with Crippen LogP contribution >= 0.6 is 11.6 Å². The number of nitrogens with zero attached hydrogens (tertiary/aromatic N) is 1. The Hall–Kier alpha value is -2.32. The Labute approximate surface area is 188 Å². The van der Waals surface area contributed by atoms with Gasteiger partial charge in [0.1, 0.15) is 12.2 Å². The van der Waals surface area contributed by atoms with Crippen molar-refractivity contribution in [2.24, 2.45) is 5.92 Å². The van der Waals surface area contributed by atoms with Gasteiger partial charge in [0.05, 0.1) is 12.5 Å². The lowest BCUT2D eigenvalue weighted by molar-refractivity contribution is -0.140. The van der Waals surface area contributed by atoms with E-state index in [1.165, 1.54) is 0 Å². The van der Waals surface area contributed by atoms with Crippen molar-refractivity contribution in [2.75, 3.05) is 32.8 Å². The molecule has 1 fully saturated rings. The predicted molar refractivity (Wildman–Crippen MR) is 118 cm³/mol. The van der Waals surface area contributed by atoms with Gasteiger partial charge in [-0.05, 0) is 45.2 Å². The van der Waals surface area contributed by atoms with Crippen LogP contribution in [0.4, 0.5) is 4.79 Å². The molecule has 1 unspecified atom stereocenters. The average molecular weight is 454 g/mol. The topological polar surface area (TPSA) is 97.0 Å². The molecule has 1 saturated heterocycles. The van der Waals surface area contributed by atoms with Gasteiger partial charge in [-0.3, -0.25) is 9.59 Å². The van der Waals surface area contributed by atoms with Gasteiger partial charge in [0.15, 0.2) is 0 Å². The van der Waals surface area contributed by atoms with Crippen LogP contribution in [0.3, 0.4) is 0 Å². The van der Waals surface area contributed by atoms with Crippen molar-refractivity contribution in [3.8, 4) is 0 Å². The molecule has 172 valence electrons. The van der Waals surface area contributed by atoms with Crippen LogP contribution in [0, 0.1) is 5.92 Å². The van der Waals surface area contributed by atoms with Gasteiger partial charge in [-0.2, -0.15) is 0 Å². The average Bonchev–Trinajstić information content (AvgIpc) is 2.71. The Kier molecular flexibility index (Phi) is 9.58. The zero-order valence-electron chi connectivity index (χ0n) is 18.4. The highest BCUT2D eigenvalue weighted by Gasteiger charge is 2.28. The molecular formula is C22H32ClN3O5. The van der Waals surface area contributed by atoms with Crippen molar-refractivity contribution >= 4 is 29.5 Å². The Morgan fingerprint density at radius 1 is 1.16 bits per heavy atom. The van der Waals surface area contributed by atoms with Crippen molar-refractivity contribution in [1.29, 1.82) is 0 Å². The van der Waals surface area contributed by atoms with E-state index < -0.39 is 11.7 Å². The first-order chi connectivity index (χ1) is 14.7. The van der Waals surface area contributed by atoms with E-state index in [2.05, 4.69) is 10.6 Å². The fraction of sp³-hybridized carbons (Fsp3) is 0.591. The number of carbonyl (C=O) groups excluding carboxylic acids is 3. The molecule has 1 aromatic carbocycles. The molecule has 0 spiro atoms. The van der Waals surface area contributed by atoms with E-state index in [0.29, 0.717) is 24.7 Å². The van der Waals surface area contributed by atoms with Crippen LogP contribution in [0.1, 0.15) is 39.2 Å². The van der Waals surface area contributed by atoms with Crippen molar-refractivity contribution in [3.63, 3.8) is 0 Å². The van der Waals surface area contributed by atoms with Gasteiger partial charge in [0.25, 0.3) is 0 Å². The third-order valence-electron chi connectivity index (χ3n) is 4.68. The number of halogens is 1. The van der Waals surface area contributed by atoms with E-state index in [9.17, 15) is 14.4 Å². The monoisotopic (exact) mass is 453 g/mol. The lowest BCUT2D eigenvalue weighted by atomic mass is 9.97. The van der Waals surface area contributed by atoms with E-state index in [-0.39, 0.29) is 37.5 Å². The molecule has 2 rings (SSSR count). The van der Waals surface area contributed by atoms with E-state index in [1.54, 1.807) is 31.7 Å². The van der Waals surface area contributed by atoms with E-state index in [0.717, 1.165) is 18.4 Å². The molecule has 0 aliphatic carbocycles. The summed E-state index contributed by atoms with van der Waals surface area (Å²) < 4.78 is 10.7. The maximum absolute atomic E-state index is 12.5. The second-order valence-electron chi connectivity index (χ2n) is 8.48. The SMILES string of the molecule is CC(C)(C)OC(=O)NCCNC(=O)C1CCCN(C(=O)COCc2ccccc2Cl)C1. The highest BCUT2D eigenvalue weighted by molar-refractivity contribution is 6.31. The third kappa shape index (κ3) is 9.14. The van der Waals surface area contributed by atoms with Crippen LogP contribution in [0.25, 0.3) is 0 Å². The highest BCUT2D eigenvalue weighted by Crippen LogP contribution is 2.18. The molecule has 1 aliphatic heterocycles. The molecule has 8 nitrogen and oxygen atoms in total. The summed E-state index contributed by atoms with van der Waals surface area (Å²) in [6.45, 7) is 7.09. The van der Waals surface area contributed by atoms with Gasteiger partial charge >= 0.3 is 6.09 Å². The lowest BCUT2D eigenvalue weighted by Crippen LogP contribution is -2.47. The molecule has 1 aliphatic rings. The zero-order chi connectivity index (χ0) is 22.9. The van der Waals surface area contributed by atoms with E-state index in [1.807, 2.05) is 18.2 Å². The van der Waals surface area contributed by atoms with Gasteiger partial charge < -0.3 is 25.0 Å². The molecule has 0 bridgehead atoms. The summed E-state index contributed by atoms with van der Waals surface area (Å²) in [6.07, 6.45) is 0.952. The molecule has 2 N–H and O–H groups in total. The Bertz CT molecular complexity index is 766. The van der Waals surface area contributed by atoms with Gasteiger partial charge in [0.2, 0.25) is 11.8 Å². The molecule has 1 heterocycles. The van der Waals surface area contributed by atoms with Gasteiger partial charge in [0, 0.05) is 31.2 Å². The quantitative estimate of drug-likeness (QED) is 0.590. The first-order valence-corrected chi connectivity index (χ1v) is 10.9. The minimum atomic E-state index is -0.567. The summed E-state index contributed by atoms with van der Waals surface area (Å²) >= 11 is 6.09. The summed E-state index contributed by atoms with van der Waals surface area (Å²) in [4.78, 5) is 38.2. The summed E-state index contributed by atoms with van der Waals surface area (Å²) in [5.74, 6) is -0.542. The van der Waals surface area contributed by atoms with Crippen molar-refractivity contribution < 1.29 is 23.9 Å². The first-order valence-electron chi connectivity index (χ1n) is 10.5. The molecule has 0 aromatic heterocycles. The zero-order valence-corrected chi connectivity index (χ0v) is 19.2. The third-order valence-corrected chi connectivity index (χ3v) is 5.05. The number of carbonyl (C=O) groups is 3. The Balaban J connectivity index is 1.68. The second-order valence-corrected chi connectivity index (χ2v) is 8.89. The number of rotatable bonds is 8. The molecular weight excluding hydrogens is 422 g/mol. The molecule has 1 aromatic rings. The molecule has 0 saturated carbocycles. The number of ether oxygens (including phenoxy) is 2. The summed E-state index contributed by atoms with van der Waals surface area (Å²) in [6, 6.07) is 7.33. The summed E-state index contributed by atoms with van der Waals surface area (Å²) in [5.41, 5.74) is 0.260. The fourth-order valence-corrected chi connectivity index (χ4v) is 3.37. The van der Waals surface area contributed by atoms with Crippen LogP contribution in [0.15, 0.2) is 24.3 Å². The minimum Gasteiger partial charge on any atom is -0.444 e. The molecule has 31 heavy (non-hydrogen) atoms. The number of amides is 3. The molecule has 3 amide bonds. The number of nitrogens with one attached hydrogen (secondary N) is 2.